The fourth-order valence-corrected chi connectivity index (χ4v) is 2.20. The molecule has 24 heavy (non-hydrogen) atoms. The molecule has 0 aliphatic heterocycles. The molecule has 0 saturated carbocycles. The molecule has 0 amide bonds. The van der Waals surface area contributed by atoms with E-state index in [1.807, 2.05) is 42.5 Å². The molecule has 0 saturated heterocycles. The second kappa shape index (κ2) is 8.67. The predicted octanol–water partition coefficient (Wildman–Crippen LogP) is 2.90. The van der Waals surface area contributed by atoms with Crippen LogP contribution in [0, 0.1) is 0 Å². The largest absolute Gasteiger partial charge is 0.497 e. The third kappa shape index (κ3) is 4.55. The molecule has 0 aliphatic rings. The Balaban J connectivity index is 2.02. The molecule has 0 atom stereocenters. The Kier molecular flexibility index (Phi) is 6.31. The summed E-state index contributed by atoms with van der Waals surface area (Å²) in [5.41, 5.74) is 1.95. The molecule has 6 heteroatoms. The molecule has 2 aromatic rings. The number of hydrogen-bond acceptors (Lipinski definition) is 4. The second-order valence-electron chi connectivity index (χ2n) is 4.97. The summed E-state index contributed by atoms with van der Waals surface area (Å²) >= 11 is 0. The molecule has 0 bridgehead atoms. The number of nitrogens with one attached hydrogen (secondary N) is 2. The molecule has 0 unspecified atom stereocenters. The second-order valence-corrected chi connectivity index (χ2v) is 4.97. The number of benzene rings is 2. The molecule has 0 aromatic heterocycles. The first-order valence-electron chi connectivity index (χ1n) is 7.52. The Hall–Kier alpha value is -2.89. The first-order valence-corrected chi connectivity index (χ1v) is 7.52. The van der Waals surface area contributed by atoms with Crippen molar-refractivity contribution in [2.45, 2.75) is 6.54 Å². The number of nitrogens with zero attached hydrogens (tertiary/aromatic N) is 1. The summed E-state index contributed by atoms with van der Waals surface area (Å²) in [6, 6.07) is 13.5. The standard InChI is InChI=1S/C18H23N3O3/c1-19-18(20-12-13-6-5-7-15(10-13)22-2)21-14-8-9-16(23-3)17(11-14)24-4/h5-11H,12H2,1-4H3,(H2,19,20,21). The monoisotopic (exact) mass is 329 g/mol. The zero-order valence-corrected chi connectivity index (χ0v) is 14.4. The van der Waals surface area contributed by atoms with Gasteiger partial charge in [-0.3, -0.25) is 4.99 Å². The maximum atomic E-state index is 5.31. The van der Waals surface area contributed by atoms with E-state index in [1.54, 1.807) is 28.4 Å². The lowest BCUT2D eigenvalue weighted by Crippen LogP contribution is -2.30. The van der Waals surface area contributed by atoms with Gasteiger partial charge in [0.15, 0.2) is 17.5 Å². The fraction of sp³-hybridized carbons (Fsp3) is 0.278. The Labute approximate surface area is 142 Å². The van der Waals surface area contributed by atoms with E-state index in [1.165, 1.54) is 0 Å². The van der Waals surface area contributed by atoms with E-state index in [4.69, 9.17) is 14.2 Å². The van der Waals surface area contributed by atoms with E-state index in [0.717, 1.165) is 17.0 Å². The summed E-state index contributed by atoms with van der Waals surface area (Å²) in [7, 11) is 6.60. The molecule has 2 N–H and O–H groups in total. The lowest BCUT2D eigenvalue weighted by Gasteiger charge is -2.14. The van der Waals surface area contributed by atoms with Crippen LogP contribution in [0.15, 0.2) is 47.5 Å². The maximum absolute atomic E-state index is 5.31. The molecule has 128 valence electrons. The summed E-state index contributed by atoms with van der Waals surface area (Å²) < 4.78 is 15.8. The third-order valence-corrected chi connectivity index (χ3v) is 3.46. The van der Waals surface area contributed by atoms with Gasteiger partial charge in [-0.15, -0.1) is 0 Å². The zero-order chi connectivity index (χ0) is 17.4. The van der Waals surface area contributed by atoms with E-state index in [-0.39, 0.29) is 0 Å². The first kappa shape index (κ1) is 17.5. The summed E-state index contributed by atoms with van der Waals surface area (Å²) in [6.45, 7) is 0.629. The summed E-state index contributed by atoms with van der Waals surface area (Å²) in [4.78, 5) is 4.23. The number of hydrogen-bond donors (Lipinski definition) is 2. The Bertz CT molecular complexity index is 702. The number of guanidine groups is 1. The highest BCUT2D eigenvalue weighted by atomic mass is 16.5. The topological polar surface area (TPSA) is 64.1 Å². The normalized spacial score (nSPS) is 10.9. The minimum absolute atomic E-state index is 0.629. The van der Waals surface area contributed by atoms with Crippen molar-refractivity contribution in [3.8, 4) is 17.2 Å². The molecule has 0 radical (unpaired) electrons. The average Bonchev–Trinajstić information content (AvgIpc) is 2.64. The number of aliphatic imine (C=N–C) groups is 1. The Morgan fingerprint density at radius 3 is 2.42 bits per heavy atom. The van der Waals surface area contributed by atoms with Crippen LogP contribution in [0.25, 0.3) is 0 Å². The van der Waals surface area contributed by atoms with Crippen LogP contribution in [0.4, 0.5) is 5.69 Å². The molecule has 0 spiro atoms. The van der Waals surface area contributed by atoms with E-state index >= 15 is 0 Å². The van der Waals surface area contributed by atoms with Crippen LogP contribution in [-0.4, -0.2) is 34.3 Å². The number of rotatable bonds is 6. The number of ether oxygens (including phenoxy) is 3. The van der Waals surface area contributed by atoms with Crippen LogP contribution in [0.5, 0.6) is 17.2 Å². The minimum Gasteiger partial charge on any atom is -0.497 e. The molecule has 0 fully saturated rings. The number of methoxy groups -OCH3 is 3. The van der Waals surface area contributed by atoms with Gasteiger partial charge in [-0.05, 0) is 29.8 Å². The van der Waals surface area contributed by atoms with E-state index in [0.29, 0.717) is 24.0 Å². The molecule has 2 aromatic carbocycles. The smallest absolute Gasteiger partial charge is 0.195 e. The quantitative estimate of drug-likeness (QED) is 0.630. The van der Waals surface area contributed by atoms with Crippen LogP contribution >= 0.6 is 0 Å². The van der Waals surface area contributed by atoms with Crippen LogP contribution in [0.2, 0.25) is 0 Å². The predicted molar refractivity (Wildman–Crippen MR) is 96.4 cm³/mol. The van der Waals surface area contributed by atoms with Crippen molar-refractivity contribution >= 4 is 11.6 Å². The van der Waals surface area contributed by atoms with Gasteiger partial charge in [0.1, 0.15) is 5.75 Å². The van der Waals surface area contributed by atoms with Crippen molar-refractivity contribution in [1.29, 1.82) is 0 Å². The van der Waals surface area contributed by atoms with E-state index < -0.39 is 0 Å². The van der Waals surface area contributed by atoms with Crippen LogP contribution in [0.1, 0.15) is 5.56 Å². The van der Waals surface area contributed by atoms with E-state index in [2.05, 4.69) is 15.6 Å². The number of anilines is 1. The Morgan fingerprint density at radius 1 is 0.958 bits per heavy atom. The SMILES string of the molecule is CN=C(NCc1cccc(OC)c1)Nc1ccc(OC)c(OC)c1. The van der Waals surface area contributed by atoms with Gasteiger partial charge < -0.3 is 24.8 Å². The van der Waals surface area contributed by atoms with Gasteiger partial charge in [0.05, 0.1) is 21.3 Å². The summed E-state index contributed by atoms with van der Waals surface area (Å²) in [5, 5.41) is 6.49. The maximum Gasteiger partial charge on any atom is 0.195 e. The minimum atomic E-state index is 0.629. The van der Waals surface area contributed by atoms with Crippen molar-refractivity contribution < 1.29 is 14.2 Å². The first-order chi connectivity index (χ1) is 11.7. The van der Waals surface area contributed by atoms with Gasteiger partial charge in [-0.1, -0.05) is 12.1 Å². The highest BCUT2D eigenvalue weighted by Crippen LogP contribution is 2.29. The van der Waals surface area contributed by atoms with Gasteiger partial charge in [-0.25, -0.2) is 0 Å². The lowest BCUT2D eigenvalue weighted by atomic mass is 10.2. The average molecular weight is 329 g/mol. The highest BCUT2D eigenvalue weighted by molar-refractivity contribution is 5.93. The van der Waals surface area contributed by atoms with Crippen LogP contribution in [0.3, 0.4) is 0 Å². The van der Waals surface area contributed by atoms with E-state index in [9.17, 15) is 0 Å². The van der Waals surface area contributed by atoms with Crippen LogP contribution < -0.4 is 24.8 Å². The van der Waals surface area contributed by atoms with Gasteiger partial charge in [0, 0.05) is 25.3 Å². The summed E-state index contributed by atoms with van der Waals surface area (Å²) in [5.74, 6) is 2.83. The van der Waals surface area contributed by atoms with Crippen molar-refractivity contribution in [2.24, 2.45) is 4.99 Å². The molecule has 6 nitrogen and oxygen atoms in total. The van der Waals surface area contributed by atoms with Crippen molar-refractivity contribution in [1.82, 2.24) is 5.32 Å². The molecule has 0 aliphatic carbocycles. The summed E-state index contributed by atoms with van der Waals surface area (Å²) in [6.07, 6.45) is 0. The van der Waals surface area contributed by atoms with Gasteiger partial charge in [0.25, 0.3) is 0 Å². The highest BCUT2D eigenvalue weighted by Gasteiger charge is 2.06. The van der Waals surface area contributed by atoms with Crippen molar-refractivity contribution in [3.05, 3.63) is 48.0 Å². The fourth-order valence-electron chi connectivity index (χ4n) is 2.20. The van der Waals surface area contributed by atoms with Gasteiger partial charge >= 0.3 is 0 Å². The molecular weight excluding hydrogens is 306 g/mol. The molecule has 0 heterocycles. The van der Waals surface area contributed by atoms with Crippen LogP contribution in [-0.2, 0) is 6.54 Å². The van der Waals surface area contributed by atoms with Crippen molar-refractivity contribution in [2.75, 3.05) is 33.7 Å². The van der Waals surface area contributed by atoms with Gasteiger partial charge in [0.2, 0.25) is 0 Å². The van der Waals surface area contributed by atoms with Gasteiger partial charge in [-0.2, -0.15) is 0 Å². The molecule has 2 rings (SSSR count). The third-order valence-electron chi connectivity index (χ3n) is 3.46. The zero-order valence-electron chi connectivity index (χ0n) is 14.4. The van der Waals surface area contributed by atoms with Crippen molar-refractivity contribution in [3.63, 3.8) is 0 Å². The lowest BCUT2D eigenvalue weighted by molar-refractivity contribution is 0.355. The Morgan fingerprint density at radius 2 is 1.75 bits per heavy atom. The molecular formula is C18H23N3O3.